The summed E-state index contributed by atoms with van der Waals surface area (Å²) in [6.07, 6.45) is 0.809. The number of nitrogens with two attached hydrogens (primary N) is 2. The van der Waals surface area contributed by atoms with E-state index in [4.69, 9.17) is 11.5 Å². The van der Waals surface area contributed by atoms with Gasteiger partial charge in [0.1, 0.15) is 0 Å². The fourth-order valence-electron chi connectivity index (χ4n) is 3.42. The van der Waals surface area contributed by atoms with Crippen LogP contribution >= 0.6 is 12.4 Å². The molecule has 4 rings (SSSR count). The van der Waals surface area contributed by atoms with E-state index in [1.54, 1.807) is 0 Å². The topological polar surface area (TPSA) is 52.0 Å². The van der Waals surface area contributed by atoms with Gasteiger partial charge in [-0.25, -0.2) is 0 Å². The van der Waals surface area contributed by atoms with Crippen LogP contribution in [0.15, 0.2) is 54.6 Å². The Hall–Kier alpha value is -1.87. The van der Waals surface area contributed by atoms with Crippen LogP contribution in [0.1, 0.15) is 18.0 Å². The second-order valence-electron chi connectivity index (χ2n) is 5.69. The van der Waals surface area contributed by atoms with E-state index < -0.39 is 0 Å². The van der Waals surface area contributed by atoms with Crippen LogP contribution in [0.4, 0.5) is 0 Å². The van der Waals surface area contributed by atoms with Crippen LogP contribution in [0.2, 0.25) is 0 Å². The first-order chi connectivity index (χ1) is 10.3. The van der Waals surface area contributed by atoms with Gasteiger partial charge in [-0.15, -0.1) is 12.4 Å². The summed E-state index contributed by atoms with van der Waals surface area (Å²) in [6.45, 7) is 0.614. The van der Waals surface area contributed by atoms with Crippen LogP contribution in [-0.2, 0) is 0 Å². The molecule has 0 fully saturated rings. The maximum atomic E-state index is 6.32. The fraction of sp³-hybridized carbons (Fsp3) is 0.158. The molecule has 0 bridgehead atoms. The zero-order valence-electron chi connectivity index (χ0n) is 12.3. The van der Waals surface area contributed by atoms with Gasteiger partial charge >= 0.3 is 0 Å². The van der Waals surface area contributed by atoms with E-state index in [1.807, 2.05) is 0 Å². The van der Waals surface area contributed by atoms with Crippen molar-refractivity contribution in [3.63, 3.8) is 0 Å². The maximum Gasteiger partial charge on any atom is 0.0313 e. The first-order valence-electron chi connectivity index (χ1n) is 7.41. The highest BCUT2D eigenvalue weighted by Gasteiger charge is 2.13. The Kier molecular flexibility index (Phi) is 3.92. The van der Waals surface area contributed by atoms with E-state index in [0.29, 0.717) is 6.54 Å². The smallest absolute Gasteiger partial charge is 0.0313 e. The molecule has 0 radical (unpaired) electrons. The second kappa shape index (κ2) is 5.73. The second-order valence-corrected chi connectivity index (χ2v) is 5.69. The lowest BCUT2D eigenvalue weighted by atomic mass is 9.89. The van der Waals surface area contributed by atoms with E-state index >= 15 is 0 Å². The Bertz CT molecular complexity index is 917. The van der Waals surface area contributed by atoms with Crippen LogP contribution in [0.3, 0.4) is 0 Å². The van der Waals surface area contributed by atoms with E-state index in [9.17, 15) is 0 Å². The highest BCUT2D eigenvalue weighted by Crippen LogP contribution is 2.37. The normalized spacial score (nSPS) is 12.8. The van der Waals surface area contributed by atoms with Crippen molar-refractivity contribution in [1.82, 2.24) is 0 Å². The zero-order valence-corrected chi connectivity index (χ0v) is 13.1. The number of rotatable bonds is 3. The Morgan fingerprint density at radius 1 is 0.773 bits per heavy atom. The highest BCUT2D eigenvalue weighted by molar-refractivity contribution is 6.23. The Morgan fingerprint density at radius 3 is 2.05 bits per heavy atom. The van der Waals surface area contributed by atoms with E-state index in [2.05, 4.69) is 54.6 Å². The van der Waals surface area contributed by atoms with E-state index in [1.165, 1.54) is 37.9 Å². The van der Waals surface area contributed by atoms with Crippen LogP contribution in [0.25, 0.3) is 32.3 Å². The number of halogens is 1. The third-order valence-electron chi connectivity index (χ3n) is 4.44. The predicted molar refractivity (Wildman–Crippen MR) is 98.0 cm³/mol. The average molecular weight is 311 g/mol. The number of benzene rings is 4. The molecule has 3 heteroatoms. The molecule has 2 nitrogen and oxygen atoms in total. The van der Waals surface area contributed by atoms with Gasteiger partial charge in [-0.3, -0.25) is 0 Å². The summed E-state index contributed by atoms with van der Waals surface area (Å²) in [7, 11) is 0. The molecule has 0 aliphatic carbocycles. The molecule has 0 aliphatic heterocycles. The van der Waals surface area contributed by atoms with Crippen molar-refractivity contribution in [1.29, 1.82) is 0 Å². The van der Waals surface area contributed by atoms with E-state index in [0.717, 1.165) is 6.42 Å². The molecule has 4 N–H and O–H groups in total. The van der Waals surface area contributed by atoms with Gasteiger partial charge in [-0.1, -0.05) is 54.6 Å². The molecular formula is C19H19ClN2. The maximum absolute atomic E-state index is 6.32. The molecule has 0 aromatic heterocycles. The molecule has 0 heterocycles. The monoisotopic (exact) mass is 310 g/mol. The molecule has 0 aliphatic rings. The van der Waals surface area contributed by atoms with Gasteiger partial charge in [0.05, 0.1) is 0 Å². The summed E-state index contributed by atoms with van der Waals surface area (Å²) in [4.78, 5) is 0. The summed E-state index contributed by atoms with van der Waals surface area (Å²) >= 11 is 0. The molecule has 0 saturated carbocycles. The summed E-state index contributed by atoms with van der Waals surface area (Å²) in [5.41, 5.74) is 13.2. The minimum absolute atomic E-state index is 0. The summed E-state index contributed by atoms with van der Waals surface area (Å²) in [5, 5.41) is 7.78. The zero-order chi connectivity index (χ0) is 14.4. The van der Waals surface area contributed by atoms with Crippen molar-refractivity contribution in [3.05, 3.63) is 60.2 Å². The van der Waals surface area contributed by atoms with Gasteiger partial charge in [0, 0.05) is 6.04 Å². The Morgan fingerprint density at radius 2 is 1.36 bits per heavy atom. The van der Waals surface area contributed by atoms with Gasteiger partial charge in [0.15, 0.2) is 0 Å². The minimum Gasteiger partial charge on any atom is -0.330 e. The highest BCUT2D eigenvalue weighted by atomic mass is 35.5. The molecule has 0 saturated heterocycles. The van der Waals surface area contributed by atoms with Crippen LogP contribution in [0.5, 0.6) is 0 Å². The molecule has 0 spiro atoms. The molecule has 4 aromatic carbocycles. The largest absolute Gasteiger partial charge is 0.330 e. The summed E-state index contributed by atoms with van der Waals surface area (Å²) < 4.78 is 0. The van der Waals surface area contributed by atoms with Gasteiger partial charge in [0.2, 0.25) is 0 Å². The predicted octanol–water partition coefficient (Wildman–Crippen LogP) is 4.35. The third kappa shape index (κ3) is 2.12. The minimum atomic E-state index is -0.000400. The lowest BCUT2D eigenvalue weighted by Gasteiger charge is -2.17. The quantitative estimate of drug-likeness (QED) is 0.553. The van der Waals surface area contributed by atoms with Crippen molar-refractivity contribution in [2.45, 2.75) is 12.5 Å². The van der Waals surface area contributed by atoms with Crippen LogP contribution in [-0.4, -0.2) is 6.54 Å². The van der Waals surface area contributed by atoms with Crippen molar-refractivity contribution >= 4 is 44.7 Å². The van der Waals surface area contributed by atoms with Crippen molar-refractivity contribution < 1.29 is 0 Å². The van der Waals surface area contributed by atoms with Gasteiger partial charge in [-0.05, 0) is 50.8 Å². The van der Waals surface area contributed by atoms with Crippen LogP contribution in [0, 0.1) is 0 Å². The van der Waals surface area contributed by atoms with Crippen molar-refractivity contribution in [2.24, 2.45) is 11.5 Å². The van der Waals surface area contributed by atoms with Crippen molar-refractivity contribution in [3.8, 4) is 0 Å². The summed E-state index contributed by atoms with van der Waals surface area (Å²) in [6, 6.07) is 19.6. The first kappa shape index (κ1) is 15.0. The molecule has 112 valence electrons. The van der Waals surface area contributed by atoms with Crippen molar-refractivity contribution in [2.75, 3.05) is 6.54 Å². The van der Waals surface area contributed by atoms with Crippen LogP contribution < -0.4 is 11.5 Å². The molecule has 0 unspecified atom stereocenters. The molecule has 1 atom stereocenters. The van der Waals surface area contributed by atoms with Gasteiger partial charge in [-0.2, -0.15) is 0 Å². The molecule has 4 aromatic rings. The van der Waals surface area contributed by atoms with Gasteiger partial charge < -0.3 is 11.5 Å². The summed E-state index contributed by atoms with van der Waals surface area (Å²) in [5.74, 6) is 0. The number of hydrogen-bond donors (Lipinski definition) is 2. The lowest BCUT2D eigenvalue weighted by molar-refractivity contribution is 0.666. The fourth-order valence-corrected chi connectivity index (χ4v) is 3.42. The molecule has 22 heavy (non-hydrogen) atoms. The number of hydrogen-bond acceptors (Lipinski definition) is 2. The SMILES string of the molecule is Cl.NCC[C@@H](N)c1ccc2ccc3cccc4ccc1c2c34. The molecule has 0 amide bonds. The average Bonchev–Trinajstić information content (AvgIpc) is 2.52. The van der Waals surface area contributed by atoms with E-state index in [-0.39, 0.29) is 18.4 Å². The molecular weight excluding hydrogens is 292 g/mol. The standard InChI is InChI=1S/C19H18N2.ClH/c20-11-10-17(21)15-8-6-14-5-4-12-2-1-3-13-7-9-16(15)19(14)18(12)13;/h1-9,17H,10-11,20-21H2;1H/t17-;/m1./s1. The van der Waals surface area contributed by atoms with Gasteiger partial charge in [0.25, 0.3) is 0 Å². The Labute approximate surface area is 135 Å². The Balaban J connectivity index is 0.00000144. The lowest BCUT2D eigenvalue weighted by Crippen LogP contribution is -2.15. The first-order valence-corrected chi connectivity index (χ1v) is 7.41. The third-order valence-corrected chi connectivity index (χ3v) is 4.44.